The van der Waals surface area contributed by atoms with E-state index >= 15 is 0 Å². The maximum Gasteiger partial charge on any atom is 0.229 e. The highest BCUT2D eigenvalue weighted by Gasteiger charge is 2.45. The van der Waals surface area contributed by atoms with Crippen LogP contribution in [0.25, 0.3) is 6.08 Å². The molecule has 11 nitrogen and oxygen atoms in total. The zero-order chi connectivity index (χ0) is 23.6. The summed E-state index contributed by atoms with van der Waals surface area (Å²) in [4.78, 5) is 12.6. The molecule has 1 heterocycles. The van der Waals surface area contributed by atoms with Crippen molar-refractivity contribution in [2.75, 3.05) is 6.61 Å². The van der Waals surface area contributed by atoms with E-state index in [9.17, 15) is 45.6 Å². The number of phenolic OH excluding ortho intramolecular Hbond substituents is 4. The number of aliphatic hydroxyl groups is 4. The van der Waals surface area contributed by atoms with Crippen molar-refractivity contribution in [3.63, 3.8) is 0 Å². The number of phenols is 4. The average molecular weight is 450 g/mol. The molecule has 32 heavy (non-hydrogen) atoms. The number of carbonyl (C=O) groups is 1. The van der Waals surface area contributed by atoms with Crippen molar-refractivity contribution in [3.8, 4) is 28.7 Å². The first-order valence-corrected chi connectivity index (χ1v) is 9.40. The van der Waals surface area contributed by atoms with Crippen molar-refractivity contribution >= 4 is 11.9 Å². The Hall–Kier alpha value is -3.35. The molecular formula is C21H22O11. The fraction of sp³-hybridized carbons (Fsp3) is 0.286. The van der Waals surface area contributed by atoms with Crippen LogP contribution < -0.4 is 4.74 Å². The summed E-state index contributed by atoms with van der Waals surface area (Å²) in [7, 11) is 0. The van der Waals surface area contributed by atoms with Gasteiger partial charge in [-0.3, -0.25) is 4.79 Å². The van der Waals surface area contributed by atoms with Crippen molar-refractivity contribution in [2.24, 2.45) is 0 Å². The van der Waals surface area contributed by atoms with Gasteiger partial charge in [0.2, 0.25) is 12.0 Å². The van der Waals surface area contributed by atoms with E-state index in [4.69, 9.17) is 9.47 Å². The second-order valence-electron chi connectivity index (χ2n) is 7.07. The van der Waals surface area contributed by atoms with E-state index in [0.717, 1.165) is 12.1 Å². The van der Waals surface area contributed by atoms with Crippen molar-refractivity contribution in [3.05, 3.63) is 47.5 Å². The normalized spacial score (nSPS) is 25.7. The van der Waals surface area contributed by atoms with Crippen LogP contribution >= 0.6 is 0 Å². The fourth-order valence-electron chi connectivity index (χ4n) is 3.10. The summed E-state index contributed by atoms with van der Waals surface area (Å²) in [5.74, 6) is -4.13. The van der Waals surface area contributed by atoms with Gasteiger partial charge in [-0.2, -0.15) is 0 Å². The number of aromatic hydroxyl groups is 4. The highest BCUT2D eigenvalue weighted by atomic mass is 16.7. The summed E-state index contributed by atoms with van der Waals surface area (Å²) in [5.41, 5.74) is -0.0934. The summed E-state index contributed by atoms with van der Waals surface area (Å²) < 4.78 is 10.4. The number of ketones is 1. The average Bonchev–Trinajstić information content (AvgIpc) is 2.75. The SMILES string of the molecule is O=C(C=Cc1ccc(O)cc1)c1c(O)cc(O)c(O[C@@H]2O[C@@H](CO)[C@@H](O)[C@H](O)[C@H]2O)c1O. The number of ether oxygens (including phenoxy) is 2. The van der Waals surface area contributed by atoms with Crippen LogP contribution in [0.1, 0.15) is 15.9 Å². The molecule has 11 heteroatoms. The van der Waals surface area contributed by atoms with Crippen molar-refractivity contribution in [2.45, 2.75) is 30.7 Å². The Bertz CT molecular complexity index is 1000. The van der Waals surface area contributed by atoms with Gasteiger partial charge in [-0.05, 0) is 23.8 Å². The number of allylic oxidation sites excluding steroid dienone is 1. The van der Waals surface area contributed by atoms with Gasteiger partial charge in [-0.25, -0.2) is 0 Å². The summed E-state index contributed by atoms with van der Waals surface area (Å²) in [6, 6.07) is 6.55. The van der Waals surface area contributed by atoms with Crippen LogP contribution in [0.5, 0.6) is 28.7 Å². The summed E-state index contributed by atoms with van der Waals surface area (Å²) >= 11 is 0. The maximum atomic E-state index is 12.6. The number of hydrogen-bond acceptors (Lipinski definition) is 11. The first kappa shape index (κ1) is 23.3. The predicted octanol–water partition coefficient (Wildman–Crippen LogP) is -0.416. The third-order valence-corrected chi connectivity index (χ3v) is 4.86. The minimum absolute atomic E-state index is 0.0253. The van der Waals surface area contributed by atoms with Crippen LogP contribution in [-0.4, -0.2) is 83.9 Å². The molecule has 1 aliphatic rings. The van der Waals surface area contributed by atoms with Gasteiger partial charge in [0.15, 0.2) is 17.3 Å². The molecule has 2 aromatic rings. The molecule has 0 bridgehead atoms. The lowest BCUT2D eigenvalue weighted by Gasteiger charge is -2.39. The molecule has 5 atom stereocenters. The molecule has 0 unspecified atom stereocenters. The van der Waals surface area contributed by atoms with Crippen LogP contribution in [0.4, 0.5) is 0 Å². The van der Waals surface area contributed by atoms with Gasteiger partial charge in [0, 0.05) is 6.07 Å². The van der Waals surface area contributed by atoms with Crippen LogP contribution in [0.15, 0.2) is 36.4 Å². The van der Waals surface area contributed by atoms with E-state index in [-0.39, 0.29) is 5.75 Å². The van der Waals surface area contributed by atoms with Gasteiger partial charge in [-0.15, -0.1) is 0 Å². The quantitative estimate of drug-likeness (QED) is 0.210. The third-order valence-electron chi connectivity index (χ3n) is 4.86. The molecule has 0 aromatic heterocycles. The van der Waals surface area contributed by atoms with Crippen molar-refractivity contribution in [1.29, 1.82) is 0 Å². The highest BCUT2D eigenvalue weighted by molar-refractivity contribution is 6.11. The Morgan fingerprint density at radius 1 is 0.969 bits per heavy atom. The second kappa shape index (κ2) is 9.42. The maximum absolute atomic E-state index is 12.6. The van der Waals surface area contributed by atoms with Gasteiger partial charge < -0.3 is 50.3 Å². The topological polar surface area (TPSA) is 197 Å². The Kier molecular flexibility index (Phi) is 6.87. The monoisotopic (exact) mass is 450 g/mol. The van der Waals surface area contributed by atoms with E-state index in [1.165, 1.54) is 30.3 Å². The molecule has 1 fully saturated rings. The smallest absolute Gasteiger partial charge is 0.229 e. The zero-order valence-electron chi connectivity index (χ0n) is 16.4. The Balaban J connectivity index is 1.89. The summed E-state index contributed by atoms with van der Waals surface area (Å²) in [5, 5.41) is 78.9. The lowest BCUT2D eigenvalue weighted by molar-refractivity contribution is -0.277. The molecule has 0 spiro atoms. The van der Waals surface area contributed by atoms with Crippen molar-refractivity contribution < 1.29 is 55.1 Å². The summed E-state index contributed by atoms with van der Waals surface area (Å²) in [6.07, 6.45) is -5.95. The molecule has 3 rings (SSSR count). The third kappa shape index (κ3) is 4.61. The number of hydrogen-bond donors (Lipinski definition) is 8. The molecule has 1 saturated heterocycles. The largest absolute Gasteiger partial charge is 0.508 e. The fourth-order valence-corrected chi connectivity index (χ4v) is 3.10. The minimum Gasteiger partial charge on any atom is -0.508 e. The predicted molar refractivity (Wildman–Crippen MR) is 107 cm³/mol. The van der Waals surface area contributed by atoms with Gasteiger partial charge in [0.05, 0.1) is 6.61 Å². The Labute approximate surface area is 181 Å². The minimum atomic E-state index is -1.84. The van der Waals surface area contributed by atoms with E-state index in [0.29, 0.717) is 5.56 Å². The number of benzene rings is 2. The van der Waals surface area contributed by atoms with Crippen LogP contribution in [0.2, 0.25) is 0 Å². The van der Waals surface area contributed by atoms with Crippen molar-refractivity contribution in [1.82, 2.24) is 0 Å². The van der Waals surface area contributed by atoms with Gasteiger partial charge in [-0.1, -0.05) is 18.2 Å². The van der Waals surface area contributed by atoms with E-state index in [1.54, 1.807) is 0 Å². The number of rotatable bonds is 6. The van der Waals surface area contributed by atoms with E-state index in [2.05, 4.69) is 0 Å². The van der Waals surface area contributed by atoms with E-state index in [1.807, 2.05) is 0 Å². The molecule has 0 aliphatic carbocycles. The number of aliphatic hydroxyl groups excluding tert-OH is 4. The Morgan fingerprint density at radius 3 is 2.25 bits per heavy atom. The molecule has 1 aliphatic heterocycles. The molecule has 2 aromatic carbocycles. The molecule has 0 amide bonds. The van der Waals surface area contributed by atoms with Crippen LogP contribution in [0, 0.1) is 0 Å². The lowest BCUT2D eigenvalue weighted by Crippen LogP contribution is -2.60. The van der Waals surface area contributed by atoms with E-state index < -0.39 is 71.7 Å². The number of carbonyl (C=O) groups excluding carboxylic acids is 1. The first-order valence-electron chi connectivity index (χ1n) is 9.40. The van der Waals surface area contributed by atoms with Gasteiger partial charge in [0.1, 0.15) is 41.5 Å². The van der Waals surface area contributed by atoms with Crippen LogP contribution in [0.3, 0.4) is 0 Å². The van der Waals surface area contributed by atoms with Gasteiger partial charge >= 0.3 is 0 Å². The van der Waals surface area contributed by atoms with Crippen LogP contribution in [-0.2, 0) is 4.74 Å². The first-order chi connectivity index (χ1) is 15.1. The van der Waals surface area contributed by atoms with Gasteiger partial charge in [0.25, 0.3) is 0 Å². The summed E-state index contributed by atoms with van der Waals surface area (Å²) in [6.45, 7) is -0.732. The molecule has 0 radical (unpaired) electrons. The second-order valence-corrected chi connectivity index (χ2v) is 7.07. The Morgan fingerprint density at radius 2 is 1.62 bits per heavy atom. The molecular weight excluding hydrogens is 428 g/mol. The zero-order valence-corrected chi connectivity index (χ0v) is 16.4. The molecule has 172 valence electrons. The molecule has 0 saturated carbocycles. The highest BCUT2D eigenvalue weighted by Crippen LogP contribution is 2.45. The molecule has 8 N–H and O–H groups in total. The standard InChI is InChI=1S/C21H22O11/c22-8-14-16(27)18(29)19(30)21(31-14)32-20-13(26)7-12(25)15(17(20)28)11(24)6-3-9-1-4-10(23)5-2-9/h1-7,14,16,18-19,21-23,25-30H,8H2/t14-,16+,18-,19+,21-/m0/s1. The lowest BCUT2D eigenvalue weighted by atomic mass is 9.99.